The Morgan fingerprint density at radius 3 is 0.784 bits per heavy atom. The van der Waals surface area contributed by atoms with Crippen LogP contribution in [0.25, 0.3) is 0 Å². The van der Waals surface area contributed by atoms with E-state index >= 15 is 0 Å². The number of carbonyl (C=O) groups excluding carboxylic acids is 3. The molecule has 6 heteroatoms. The monoisotopic (exact) mass is 1030 g/mol. The molecule has 0 amide bonds. The van der Waals surface area contributed by atoms with E-state index in [0.29, 0.717) is 19.3 Å². The molecule has 0 rings (SSSR count). The SMILES string of the molecule is CCCCC/C=C\C/C=C\C/C=C\CCCCCCCCC(=O)OC[C@@H](COC(=O)CCCCCCCCCCCCCCCCCCCC)OC(=O)CCCCCCCC/C=C\C/C=C\C/C=C\CCCCC. The van der Waals surface area contributed by atoms with Crippen LogP contribution in [0.1, 0.15) is 323 Å². The number of unbranched alkanes of at least 4 members (excludes halogenated alkanes) is 35. The number of carbonyl (C=O) groups is 3. The van der Waals surface area contributed by atoms with E-state index in [1.165, 1.54) is 180 Å². The van der Waals surface area contributed by atoms with Gasteiger partial charge in [-0.3, -0.25) is 14.4 Å². The maximum Gasteiger partial charge on any atom is 0.306 e. The van der Waals surface area contributed by atoms with Crippen LogP contribution in [0.2, 0.25) is 0 Å². The molecule has 0 N–H and O–H groups in total. The quantitative estimate of drug-likeness (QED) is 0.0261. The minimum Gasteiger partial charge on any atom is -0.462 e. The van der Waals surface area contributed by atoms with E-state index in [4.69, 9.17) is 14.2 Å². The van der Waals surface area contributed by atoms with Gasteiger partial charge in [0.1, 0.15) is 13.2 Å². The summed E-state index contributed by atoms with van der Waals surface area (Å²) in [6.07, 6.45) is 80.3. The molecule has 0 unspecified atom stereocenters. The Hall–Kier alpha value is -3.15. The zero-order valence-corrected chi connectivity index (χ0v) is 49.1. The number of hydrogen-bond donors (Lipinski definition) is 0. The number of ether oxygens (including phenoxy) is 3. The maximum atomic E-state index is 12.9. The number of esters is 3. The lowest BCUT2D eigenvalue weighted by atomic mass is 10.0. The molecular weight excluding hydrogens is 913 g/mol. The van der Waals surface area contributed by atoms with E-state index in [9.17, 15) is 14.4 Å². The topological polar surface area (TPSA) is 78.9 Å². The van der Waals surface area contributed by atoms with E-state index in [-0.39, 0.29) is 31.1 Å². The van der Waals surface area contributed by atoms with Crippen LogP contribution >= 0.6 is 0 Å². The Bertz CT molecular complexity index is 1370. The molecule has 1 atom stereocenters. The normalized spacial score (nSPS) is 12.5. The fraction of sp³-hybridized carbons (Fsp3) is 0.779. The van der Waals surface area contributed by atoms with Crippen molar-refractivity contribution in [2.45, 2.75) is 329 Å². The molecular formula is C68H120O6. The van der Waals surface area contributed by atoms with E-state index < -0.39 is 6.10 Å². The molecule has 0 aromatic rings. The minimum absolute atomic E-state index is 0.0824. The first-order valence-corrected chi connectivity index (χ1v) is 31.9. The highest BCUT2D eigenvalue weighted by molar-refractivity contribution is 5.71. The number of hydrogen-bond acceptors (Lipinski definition) is 6. The molecule has 0 saturated carbocycles. The van der Waals surface area contributed by atoms with Crippen LogP contribution < -0.4 is 0 Å². The Morgan fingerprint density at radius 1 is 0.270 bits per heavy atom. The summed E-state index contributed by atoms with van der Waals surface area (Å²) in [5, 5.41) is 0. The van der Waals surface area contributed by atoms with Gasteiger partial charge in [0, 0.05) is 19.3 Å². The molecule has 0 aromatic heterocycles. The smallest absolute Gasteiger partial charge is 0.306 e. The van der Waals surface area contributed by atoms with E-state index in [2.05, 4.69) is 93.7 Å². The fourth-order valence-electron chi connectivity index (χ4n) is 9.11. The van der Waals surface area contributed by atoms with Crippen molar-refractivity contribution in [1.82, 2.24) is 0 Å². The Kier molecular flexibility index (Phi) is 59.7. The molecule has 0 saturated heterocycles. The third kappa shape index (κ3) is 59.7. The lowest BCUT2D eigenvalue weighted by Crippen LogP contribution is -2.30. The molecule has 0 spiro atoms. The third-order valence-corrected chi connectivity index (χ3v) is 13.9. The molecule has 0 aliphatic carbocycles. The summed E-state index contributed by atoms with van der Waals surface area (Å²) in [4.78, 5) is 38.3. The molecule has 0 bridgehead atoms. The molecule has 0 heterocycles. The van der Waals surface area contributed by atoms with Gasteiger partial charge >= 0.3 is 17.9 Å². The fourth-order valence-corrected chi connectivity index (χ4v) is 9.11. The minimum atomic E-state index is -0.788. The van der Waals surface area contributed by atoms with Crippen LogP contribution in [0, 0.1) is 0 Å². The van der Waals surface area contributed by atoms with Crippen LogP contribution in [0.4, 0.5) is 0 Å². The van der Waals surface area contributed by atoms with Crippen LogP contribution in [0.3, 0.4) is 0 Å². The van der Waals surface area contributed by atoms with Crippen LogP contribution in [0.5, 0.6) is 0 Å². The maximum absolute atomic E-state index is 12.9. The van der Waals surface area contributed by atoms with E-state index in [1.54, 1.807) is 0 Å². The lowest BCUT2D eigenvalue weighted by Gasteiger charge is -2.18. The van der Waals surface area contributed by atoms with Crippen molar-refractivity contribution in [1.29, 1.82) is 0 Å². The lowest BCUT2D eigenvalue weighted by molar-refractivity contribution is -0.167. The van der Waals surface area contributed by atoms with Crippen molar-refractivity contribution in [2.75, 3.05) is 13.2 Å². The van der Waals surface area contributed by atoms with Crippen molar-refractivity contribution in [3.05, 3.63) is 72.9 Å². The highest BCUT2D eigenvalue weighted by Gasteiger charge is 2.19. The van der Waals surface area contributed by atoms with Gasteiger partial charge in [-0.05, 0) is 96.3 Å². The Balaban J connectivity index is 4.41. The van der Waals surface area contributed by atoms with Crippen LogP contribution in [-0.4, -0.2) is 37.2 Å². The molecule has 74 heavy (non-hydrogen) atoms. The summed E-state index contributed by atoms with van der Waals surface area (Å²) in [6.45, 7) is 6.61. The van der Waals surface area contributed by atoms with Gasteiger partial charge in [0.25, 0.3) is 0 Å². The van der Waals surface area contributed by atoms with Gasteiger partial charge in [-0.2, -0.15) is 0 Å². The summed E-state index contributed by atoms with van der Waals surface area (Å²) >= 11 is 0. The second kappa shape index (κ2) is 62.4. The number of rotatable bonds is 58. The highest BCUT2D eigenvalue weighted by Crippen LogP contribution is 2.17. The summed E-state index contributed by atoms with van der Waals surface area (Å²) < 4.78 is 16.9. The first-order valence-electron chi connectivity index (χ1n) is 31.9. The first kappa shape index (κ1) is 70.8. The van der Waals surface area contributed by atoms with Crippen molar-refractivity contribution in [3.8, 4) is 0 Å². The molecule has 6 nitrogen and oxygen atoms in total. The highest BCUT2D eigenvalue weighted by atomic mass is 16.6. The Morgan fingerprint density at radius 2 is 0.486 bits per heavy atom. The molecule has 0 fully saturated rings. The number of allylic oxidation sites excluding steroid dienone is 12. The zero-order valence-electron chi connectivity index (χ0n) is 49.1. The molecule has 0 aliphatic heterocycles. The van der Waals surface area contributed by atoms with Gasteiger partial charge in [-0.15, -0.1) is 0 Å². The second-order valence-electron chi connectivity index (χ2n) is 21.3. The van der Waals surface area contributed by atoms with Gasteiger partial charge in [-0.1, -0.05) is 280 Å². The van der Waals surface area contributed by atoms with Gasteiger partial charge in [0.2, 0.25) is 0 Å². The summed E-state index contributed by atoms with van der Waals surface area (Å²) in [6, 6.07) is 0. The molecule has 428 valence electrons. The van der Waals surface area contributed by atoms with Crippen molar-refractivity contribution in [3.63, 3.8) is 0 Å². The zero-order chi connectivity index (χ0) is 53.6. The van der Waals surface area contributed by atoms with Gasteiger partial charge in [0.05, 0.1) is 0 Å². The standard InChI is InChI=1S/C68H120O6/c1-4-7-10-13-16-19-22-25-28-31-34-37-40-43-46-49-52-55-58-61-67(70)73-64-65(63-72-66(69)60-57-54-51-48-45-42-39-36-33-30-27-24-21-18-15-12-9-6-3)74-68(71)62-59-56-53-50-47-44-41-38-35-32-29-26-23-20-17-14-11-8-5-2/h16-17,19-20,25-26,28-29,34-35,37-38,65H,4-15,18,21-24,27,30-33,36,39-64H2,1-3H3/b19-16-,20-17-,28-25-,29-26-,37-34-,38-35-/t65-/m1/s1. The second-order valence-corrected chi connectivity index (χ2v) is 21.3. The van der Waals surface area contributed by atoms with Crippen LogP contribution in [-0.2, 0) is 28.6 Å². The molecule has 0 aliphatic rings. The van der Waals surface area contributed by atoms with Crippen LogP contribution in [0.15, 0.2) is 72.9 Å². The predicted molar refractivity (Wildman–Crippen MR) is 321 cm³/mol. The third-order valence-electron chi connectivity index (χ3n) is 13.9. The molecule has 0 aromatic carbocycles. The summed E-state index contributed by atoms with van der Waals surface area (Å²) in [5.74, 6) is -0.892. The van der Waals surface area contributed by atoms with Crippen molar-refractivity contribution < 1.29 is 28.6 Å². The summed E-state index contributed by atoms with van der Waals surface area (Å²) in [5.41, 5.74) is 0. The molecule has 0 radical (unpaired) electrons. The first-order chi connectivity index (χ1) is 36.5. The predicted octanol–water partition coefficient (Wildman–Crippen LogP) is 21.7. The average Bonchev–Trinajstić information content (AvgIpc) is 3.40. The van der Waals surface area contributed by atoms with Gasteiger partial charge in [0.15, 0.2) is 6.10 Å². The Labute approximate surface area is 459 Å². The average molecular weight is 1030 g/mol. The van der Waals surface area contributed by atoms with Gasteiger partial charge < -0.3 is 14.2 Å². The van der Waals surface area contributed by atoms with Crippen molar-refractivity contribution >= 4 is 17.9 Å². The summed E-state index contributed by atoms with van der Waals surface area (Å²) in [7, 11) is 0. The van der Waals surface area contributed by atoms with Gasteiger partial charge in [-0.25, -0.2) is 0 Å². The van der Waals surface area contributed by atoms with E-state index in [1.807, 2.05) is 0 Å². The van der Waals surface area contributed by atoms with Crippen molar-refractivity contribution in [2.24, 2.45) is 0 Å². The van der Waals surface area contributed by atoms with E-state index in [0.717, 1.165) is 103 Å². The largest absolute Gasteiger partial charge is 0.462 e.